The largest absolute Gasteiger partial charge is 0.481 e. The molecule has 5 nitrogen and oxygen atoms in total. The Kier molecular flexibility index (Phi) is 8.13. The number of aliphatic hydroxyl groups is 1. The molecule has 0 heterocycles. The molecule has 0 radical (unpaired) electrons. The molecule has 168 valence electrons. The lowest BCUT2D eigenvalue weighted by molar-refractivity contribution is -0.147. The van der Waals surface area contributed by atoms with Crippen LogP contribution in [0.4, 0.5) is 0 Å². The fraction of sp³-hybridized carbons (Fsp3) is 0.500. The Morgan fingerprint density at radius 3 is 1.71 bits per heavy atom. The number of allylic oxidation sites excluding steroid dienone is 10. The summed E-state index contributed by atoms with van der Waals surface area (Å²) >= 11 is 0. The minimum atomic E-state index is -0.833. The molecule has 0 aromatic rings. The monoisotopic (exact) mass is 426 g/mol. The first-order valence-electron chi connectivity index (χ1n) is 10.9. The van der Waals surface area contributed by atoms with E-state index < -0.39 is 11.4 Å². The van der Waals surface area contributed by atoms with Crippen molar-refractivity contribution in [1.29, 1.82) is 0 Å². The first kappa shape index (κ1) is 24.7. The molecule has 31 heavy (non-hydrogen) atoms. The van der Waals surface area contributed by atoms with Crippen molar-refractivity contribution in [2.24, 2.45) is 10.8 Å². The van der Waals surface area contributed by atoms with Crippen molar-refractivity contribution >= 4 is 17.5 Å². The van der Waals surface area contributed by atoms with Crippen molar-refractivity contribution in [1.82, 2.24) is 0 Å². The highest BCUT2D eigenvalue weighted by molar-refractivity contribution is 6.15. The number of aliphatic carboxylic acids is 1. The quantitative estimate of drug-likeness (QED) is 0.464. The molecule has 0 saturated heterocycles. The molecule has 0 atom stereocenters. The highest BCUT2D eigenvalue weighted by atomic mass is 16.4. The predicted octanol–water partition coefficient (Wildman–Crippen LogP) is 4.88. The van der Waals surface area contributed by atoms with E-state index in [1.165, 1.54) is 0 Å². The number of hydrogen-bond donors (Lipinski definition) is 2. The topological polar surface area (TPSA) is 91.7 Å². The Morgan fingerprint density at radius 1 is 0.839 bits per heavy atom. The summed E-state index contributed by atoms with van der Waals surface area (Å²) in [6.45, 7) is 7.52. The molecular weight excluding hydrogens is 392 g/mol. The van der Waals surface area contributed by atoms with Crippen LogP contribution in [-0.2, 0) is 14.4 Å². The van der Waals surface area contributed by atoms with Gasteiger partial charge in [0.25, 0.3) is 0 Å². The van der Waals surface area contributed by atoms with Crippen LogP contribution in [0.15, 0.2) is 58.7 Å². The zero-order valence-corrected chi connectivity index (χ0v) is 19.0. The minimum Gasteiger partial charge on any atom is -0.481 e. The van der Waals surface area contributed by atoms with Gasteiger partial charge in [0, 0.05) is 28.9 Å². The van der Waals surface area contributed by atoms with Crippen LogP contribution in [0.3, 0.4) is 0 Å². The van der Waals surface area contributed by atoms with E-state index in [4.69, 9.17) is 0 Å². The van der Waals surface area contributed by atoms with Crippen molar-refractivity contribution < 1.29 is 24.6 Å². The van der Waals surface area contributed by atoms with Crippen LogP contribution in [0, 0.1) is 10.8 Å². The number of carboxylic acids is 1. The maximum Gasteiger partial charge on any atom is 0.309 e. The molecular formula is C26H34O5. The van der Waals surface area contributed by atoms with Gasteiger partial charge in [-0.25, -0.2) is 0 Å². The maximum absolute atomic E-state index is 12.6. The summed E-state index contributed by atoms with van der Waals surface area (Å²) in [6, 6.07) is 0. The molecule has 0 saturated carbocycles. The fourth-order valence-electron chi connectivity index (χ4n) is 3.55. The Morgan fingerprint density at radius 2 is 1.29 bits per heavy atom. The minimum absolute atomic E-state index is 0.00631. The van der Waals surface area contributed by atoms with Crippen molar-refractivity contribution in [3.05, 3.63) is 58.7 Å². The summed E-state index contributed by atoms with van der Waals surface area (Å²) < 4.78 is 0. The highest BCUT2D eigenvalue weighted by Crippen LogP contribution is 2.29. The molecule has 5 heteroatoms. The number of ketones is 2. The van der Waals surface area contributed by atoms with Gasteiger partial charge < -0.3 is 10.2 Å². The number of carbonyl (C=O) groups excluding carboxylic acids is 2. The number of carboxylic acid groups (broad SMARTS) is 1. The number of rotatable bonds is 12. The molecule has 0 unspecified atom stereocenters. The first-order valence-corrected chi connectivity index (χ1v) is 10.9. The third-order valence-corrected chi connectivity index (χ3v) is 6.03. The average Bonchev–Trinajstić information content (AvgIpc) is 3.23. The van der Waals surface area contributed by atoms with Gasteiger partial charge in [0.2, 0.25) is 0 Å². The van der Waals surface area contributed by atoms with Crippen molar-refractivity contribution in [3.8, 4) is 0 Å². The SMILES string of the molecule is CC(C)(CO)CCCC1=CC=C(/C=C\C2=CC=C(CCCC(C)(C)C(=O)O)C2=O)C1=O. The molecule has 0 aliphatic heterocycles. The van der Waals surface area contributed by atoms with Crippen LogP contribution < -0.4 is 0 Å². The molecule has 0 bridgehead atoms. The third kappa shape index (κ3) is 6.73. The summed E-state index contributed by atoms with van der Waals surface area (Å²) in [5.74, 6) is -0.899. The van der Waals surface area contributed by atoms with Gasteiger partial charge in [-0.15, -0.1) is 0 Å². The maximum atomic E-state index is 12.6. The Hall–Kier alpha value is -2.53. The third-order valence-electron chi connectivity index (χ3n) is 6.03. The standard InChI is InChI=1S/C26H34O5/c1-25(2,17-27)15-5-7-18-9-11-20(22(18)28)13-14-21-12-10-19(23(21)29)8-6-16-26(3,4)24(30)31/h9-14,27H,5-8,15-17H2,1-4H3,(H,30,31)/b14-13-. The fourth-order valence-corrected chi connectivity index (χ4v) is 3.55. The molecule has 0 spiro atoms. The second kappa shape index (κ2) is 10.2. The van der Waals surface area contributed by atoms with E-state index in [2.05, 4.69) is 0 Å². The highest BCUT2D eigenvalue weighted by Gasteiger charge is 2.27. The first-order chi connectivity index (χ1) is 14.5. The lowest BCUT2D eigenvalue weighted by atomic mass is 9.86. The van der Waals surface area contributed by atoms with E-state index in [1.807, 2.05) is 19.9 Å². The summed E-state index contributed by atoms with van der Waals surface area (Å²) in [5, 5.41) is 18.5. The Bertz CT molecular complexity index is 891. The number of carbonyl (C=O) groups is 3. The van der Waals surface area contributed by atoms with Gasteiger partial charge in [0.05, 0.1) is 5.41 Å². The lowest BCUT2D eigenvalue weighted by Crippen LogP contribution is -2.23. The molecule has 0 aromatic heterocycles. The van der Waals surface area contributed by atoms with E-state index in [1.54, 1.807) is 44.2 Å². The molecule has 2 N–H and O–H groups in total. The Labute approximate surface area is 184 Å². The average molecular weight is 427 g/mol. The van der Waals surface area contributed by atoms with Gasteiger partial charge in [-0.3, -0.25) is 14.4 Å². The van der Waals surface area contributed by atoms with Gasteiger partial charge in [0.15, 0.2) is 11.6 Å². The predicted molar refractivity (Wildman–Crippen MR) is 121 cm³/mol. The second-order valence-corrected chi connectivity index (χ2v) is 9.84. The summed E-state index contributed by atoms with van der Waals surface area (Å²) in [4.78, 5) is 36.3. The second-order valence-electron chi connectivity index (χ2n) is 9.84. The van der Waals surface area contributed by atoms with E-state index in [0.717, 1.165) is 18.4 Å². The molecule has 2 rings (SSSR count). The molecule has 2 aliphatic carbocycles. The van der Waals surface area contributed by atoms with Crippen molar-refractivity contribution in [2.45, 2.75) is 66.2 Å². The van der Waals surface area contributed by atoms with Crippen LogP contribution in [0.25, 0.3) is 0 Å². The van der Waals surface area contributed by atoms with Crippen LogP contribution in [0.5, 0.6) is 0 Å². The molecule has 0 amide bonds. The van der Waals surface area contributed by atoms with Gasteiger partial charge in [0.1, 0.15) is 0 Å². The van der Waals surface area contributed by atoms with Gasteiger partial charge >= 0.3 is 5.97 Å². The van der Waals surface area contributed by atoms with E-state index in [-0.39, 0.29) is 23.6 Å². The summed E-state index contributed by atoms with van der Waals surface area (Å²) in [7, 11) is 0. The Balaban J connectivity index is 1.80. The normalized spacial score (nSPS) is 17.2. The molecule has 0 aromatic carbocycles. The van der Waals surface area contributed by atoms with Crippen LogP contribution in [0.2, 0.25) is 0 Å². The zero-order valence-electron chi connectivity index (χ0n) is 19.0. The van der Waals surface area contributed by atoms with Crippen LogP contribution in [-0.4, -0.2) is 34.4 Å². The van der Waals surface area contributed by atoms with E-state index >= 15 is 0 Å². The van der Waals surface area contributed by atoms with Crippen molar-refractivity contribution in [2.75, 3.05) is 6.61 Å². The van der Waals surface area contributed by atoms with Crippen LogP contribution in [0.1, 0.15) is 66.2 Å². The number of aliphatic hydroxyl groups excluding tert-OH is 1. The smallest absolute Gasteiger partial charge is 0.309 e. The number of Topliss-reactive ketones (excluding diaryl/α,β-unsaturated/α-hetero) is 2. The van der Waals surface area contributed by atoms with E-state index in [9.17, 15) is 24.6 Å². The number of hydrogen-bond acceptors (Lipinski definition) is 4. The summed E-state index contributed by atoms with van der Waals surface area (Å²) in [5.41, 5.74) is 1.62. The molecule has 0 fully saturated rings. The van der Waals surface area contributed by atoms with Crippen molar-refractivity contribution in [3.63, 3.8) is 0 Å². The lowest BCUT2D eigenvalue weighted by Gasteiger charge is -2.21. The van der Waals surface area contributed by atoms with Gasteiger partial charge in [-0.2, -0.15) is 0 Å². The van der Waals surface area contributed by atoms with Gasteiger partial charge in [-0.05, 0) is 57.8 Å². The molecule has 2 aliphatic rings. The van der Waals surface area contributed by atoms with E-state index in [0.29, 0.717) is 42.4 Å². The van der Waals surface area contributed by atoms with Crippen LogP contribution >= 0.6 is 0 Å². The zero-order chi connectivity index (χ0) is 23.2. The summed E-state index contributed by atoms with van der Waals surface area (Å²) in [6.07, 6.45) is 14.6. The van der Waals surface area contributed by atoms with Gasteiger partial charge in [-0.1, -0.05) is 50.3 Å².